The van der Waals surface area contributed by atoms with Crippen LogP contribution in [0.2, 0.25) is 0 Å². The average Bonchev–Trinajstić information content (AvgIpc) is 2.85. The first kappa shape index (κ1) is 27.4. The molecule has 2 aromatic rings. The van der Waals surface area contributed by atoms with E-state index < -0.39 is 18.2 Å². The molecule has 0 saturated carbocycles. The molecule has 1 aliphatic heterocycles. The molecule has 1 aliphatic rings. The standard InChI is InChI=1S/C27H35N3O5S/c1-18(2)15-24-22-10-9-21(16-20(22)11-13-30(24)27(33)34)28-25(31)23(12-14-36-3)29-26(32)35-17-19-7-5-4-6-8-19/h4-10,16,18,23-24H,11-15,17H2,1-3H3,(H,28,31)(H,29,32)(H,33,34)/t23-,24?/m0/s1. The highest BCUT2D eigenvalue weighted by molar-refractivity contribution is 7.98. The van der Waals surface area contributed by atoms with E-state index in [1.807, 2.05) is 48.7 Å². The number of nitrogens with one attached hydrogen (secondary N) is 2. The number of fused-ring (bicyclic) bond motifs is 1. The van der Waals surface area contributed by atoms with E-state index in [2.05, 4.69) is 24.5 Å². The summed E-state index contributed by atoms with van der Waals surface area (Å²) in [6, 6.07) is 14.0. The molecule has 8 nitrogen and oxygen atoms in total. The van der Waals surface area contributed by atoms with Crippen LogP contribution in [0.25, 0.3) is 0 Å². The Bertz CT molecular complexity index is 1050. The maximum atomic E-state index is 13.1. The van der Waals surface area contributed by atoms with Gasteiger partial charge in [-0.25, -0.2) is 9.59 Å². The van der Waals surface area contributed by atoms with Gasteiger partial charge in [0.15, 0.2) is 0 Å². The molecule has 9 heteroatoms. The normalized spacial score (nSPS) is 15.7. The first-order valence-electron chi connectivity index (χ1n) is 12.2. The fraction of sp³-hybridized carbons (Fsp3) is 0.444. The summed E-state index contributed by atoms with van der Waals surface area (Å²) in [6.45, 7) is 4.70. The summed E-state index contributed by atoms with van der Waals surface area (Å²) in [6.07, 6.45) is 2.17. The zero-order chi connectivity index (χ0) is 26.1. The van der Waals surface area contributed by atoms with Crippen molar-refractivity contribution in [1.29, 1.82) is 0 Å². The van der Waals surface area contributed by atoms with Crippen LogP contribution in [-0.4, -0.2) is 52.7 Å². The first-order valence-corrected chi connectivity index (χ1v) is 13.6. The minimum absolute atomic E-state index is 0.124. The van der Waals surface area contributed by atoms with Gasteiger partial charge < -0.3 is 25.4 Å². The monoisotopic (exact) mass is 513 g/mol. The van der Waals surface area contributed by atoms with Crippen molar-refractivity contribution in [1.82, 2.24) is 10.2 Å². The smallest absolute Gasteiger partial charge is 0.408 e. The third-order valence-electron chi connectivity index (χ3n) is 6.14. The Labute approximate surface area is 216 Å². The summed E-state index contributed by atoms with van der Waals surface area (Å²) in [5, 5.41) is 15.3. The Morgan fingerprint density at radius 3 is 2.58 bits per heavy atom. The number of ether oxygens (including phenoxy) is 1. The molecule has 194 valence electrons. The van der Waals surface area contributed by atoms with E-state index in [9.17, 15) is 19.5 Å². The molecule has 3 amide bonds. The van der Waals surface area contributed by atoms with E-state index in [1.54, 1.807) is 17.8 Å². The van der Waals surface area contributed by atoms with Gasteiger partial charge in [0.1, 0.15) is 12.6 Å². The highest BCUT2D eigenvalue weighted by atomic mass is 32.2. The molecule has 3 N–H and O–H groups in total. The number of anilines is 1. The number of nitrogens with zero attached hydrogens (tertiary/aromatic N) is 1. The van der Waals surface area contributed by atoms with Crippen molar-refractivity contribution >= 4 is 35.5 Å². The maximum Gasteiger partial charge on any atom is 0.408 e. The minimum Gasteiger partial charge on any atom is -0.465 e. The third-order valence-corrected chi connectivity index (χ3v) is 6.78. The van der Waals surface area contributed by atoms with Gasteiger partial charge in [-0.2, -0.15) is 11.8 Å². The van der Waals surface area contributed by atoms with Crippen LogP contribution in [0, 0.1) is 5.92 Å². The summed E-state index contributed by atoms with van der Waals surface area (Å²) >= 11 is 1.59. The molecular formula is C27H35N3O5S. The van der Waals surface area contributed by atoms with E-state index in [4.69, 9.17) is 4.74 Å². The lowest BCUT2D eigenvalue weighted by Gasteiger charge is -2.36. The van der Waals surface area contributed by atoms with Crippen molar-refractivity contribution in [3.05, 3.63) is 65.2 Å². The number of hydrogen-bond acceptors (Lipinski definition) is 5. The van der Waals surface area contributed by atoms with E-state index >= 15 is 0 Å². The van der Waals surface area contributed by atoms with E-state index in [1.165, 1.54) is 4.90 Å². The number of carbonyl (C=O) groups excluding carboxylic acids is 2. The molecular weight excluding hydrogens is 478 g/mol. The quantitative estimate of drug-likeness (QED) is 0.398. The van der Waals surface area contributed by atoms with Crippen LogP contribution in [0.4, 0.5) is 15.3 Å². The summed E-state index contributed by atoms with van der Waals surface area (Å²) in [5.74, 6) is 0.720. The fourth-order valence-electron chi connectivity index (χ4n) is 4.36. The second-order valence-electron chi connectivity index (χ2n) is 9.31. The number of thioether (sulfide) groups is 1. The summed E-state index contributed by atoms with van der Waals surface area (Å²) in [5.41, 5.74) is 3.51. The molecule has 1 unspecified atom stereocenters. The number of hydrogen-bond donors (Lipinski definition) is 3. The lowest BCUT2D eigenvalue weighted by molar-refractivity contribution is -0.118. The second kappa shape index (κ2) is 13.2. The van der Waals surface area contributed by atoms with Gasteiger partial charge in [-0.15, -0.1) is 0 Å². The molecule has 36 heavy (non-hydrogen) atoms. The van der Waals surface area contributed by atoms with Crippen molar-refractivity contribution in [2.45, 2.75) is 51.8 Å². The molecule has 2 aromatic carbocycles. The average molecular weight is 514 g/mol. The highest BCUT2D eigenvalue weighted by Crippen LogP contribution is 2.35. The van der Waals surface area contributed by atoms with Crippen LogP contribution >= 0.6 is 11.8 Å². The summed E-state index contributed by atoms with van der Waals surface area (Å²) in [7, 11) is 0. The zero-order valence-corrected chi connectivity index (χ0v) is 21.8. The van der Waals surface area contributed by atoms with Gasteiger partial charge in [0.05, 0.1) is 6.04 Å². The molecule has 0 spiro atoms. The van der Waals surface area contributed by atoms with Gasteiger partial charge in [0.2, 0.25) is 5.91 Å². The largest absolute Gasteiger partial charge is 0.465 e. The summed E-state index contributed by atoms with van der Waals surface area (Å²) in [4.78, 5) is 38.7. The molecule has 0 fully saturated rings. The van der Waals surface area contributed by atoms with E-state index in [-0.39, 0.29) is 18.6 Å². The van der Waals surface area contributed by atoms with Crippen LogP contribution in [0.1, 0.15) is 49.4 Å². The number of rotatable bonds is 10. The molecule has 0 saturated heterocycles. The topological polar surface area (TPSA) is 108 Å². The lowest BCUT2D eigenvalue weighted by atomic mass is 9.87. The van der Waals surface area contributed by atoms with Gasteiger partial charge >= 0.3 is 12.2 Å². The summed E-state index contributed by atoms with van der Waals surface area (Å²) < 4.78 is 5.30. The van der Waals surface area contributed by atoms with Gasteiger partial charge in [-0.1, -0.05) is 50.2 Å². The maximum absolute atomic E-state index is 13.1. The van der Waals surface area contributed by atoms with Gasteiger partial charge in [0, 0.05) is 12.2 Å². The molecule has 0 bridgehead atoms. The van der Waals surface area contributed by atoms with Crippen LogP contribution in [0.15, 0.2) is 48.5 Å². The van der Waals surface area contributed by atoms with Crippen LogP contribution < -0.4 is 10.6 Å². The Morgan fingerprint density at radius 1 is 1.17 bits per heavy atom. The van der Waals surface area contributed by atoms with Crippen molar-refractivity contribution in [3.8, 4) is 0 Å². The number of alkyl carbamates (subject to hydrolysis) is 1. The van der Waals surface area contributed by atoms with E-state index in [0.717, 1.165) is 23.1 Å². The van der Waals surface area contributed by atoms with Crippen LogP contribution in [0.5, 0.6) is 0 Å². The predicted molar refractivity (Wildman–Crippen MR) is 142 cm³/mol. The Kier molecular flexibility index (Phi) is 10.0. The second-order valence-corrected chi connectivity index (χ2v) is 10.3. The molecule has 0 radical (unpaired) electrons. The number of carbonyl (C=O) groups is 3. The third kappa shape index (κ3) is 7.65. The van der Waals surface area contributed by atoms with E-state index in [0.29, 0.717) is 36.7 Å². The molecule has 1 heterocycles. The molecule has 2 atom stereocenters. The van der Waals surface area contributed by atoms with Crippen molar-refractivity contribution in [2.75, 3.05) is 23.9 Å². The molecule has 3 rings (SSSR count). The minimum atomic E-state index is -0.912. The lowest BCUT2D eigenvalue weighted by Crippen LogP contribution is -2.44. The zero-order valence-electron chi connectivity index (χ0n) is 21.0. The number of carboxylic acid groups (broad SMARTS) is 1. The SMILES string of the molecule is CSCC[C@H](NC(=O)OCc1ccccc1)C(=O)Nc1ccc2c(c1)CCN(C(=O)O)C2CC(C)C. The molecule has 0 aromatic heterocycles. The van der Waals surface area contributed by atoms with Crippen LogP contribution in [-0.2, 0) is 22.6 Å². The Morgan fingerprint density at radius 2 is 1.92 bits per heavy atom. The van der Waals surface area contributed by atoms with Crippen molar-refractivity contribution in [3.63, 3.8) is 0 Å². The Balaban J connectivity index is 1.67. The van der Waals surface area contributed by atoms with Crippen molar-refractivity contribution < 1.29 is 24.2 Å². The highest BCUT2D eigenvalue weighted by Gasteiger charge is 2.31. The Hall–Kier alpha value is -3.20. The predicted octanol–water partition coefficient (Wildman–Crippen LogP) is 5.30. The number of amides is 3. The fourth-order valence-corrected chi connectivity index (χ4v) is 4.83. The molecule has 0 aliphatic carbocycles. The van der Waals surface area contributed by atoms with Gasteiger partial charge in [0.25, 0.3) is 0 Å². The van der Waals surface area contributed by atoms with Gasteiger partial charge in [-0.3, -0.25) is 4.79 Å². The first-order chi connectivity index (χ1) is 17.3. The number of benzene rings is 2. The van der Waals surface area contributed by atoms with Crippen LogP contribution in [0.3, 0.4) is 0 Å². The van der Waals surface area contributed by atoms with Crippen molar-refractivity contribution in [2.24, 2.45) is 5.92 Å². The van der Waals surface area contributed by atoms with Gasteiger partial charge in [-0.05, 0) is 66.0 Å².